The van der Waals surface area contributed by atoms with Crippen LogP contribution in [0.25, 0.3) is 21.9 Å². The van der Waals surface area contributed by atoms with Gasteiger partial charge in [-0.2, -0.15) is 0 Å². The van der Waals surface area contributed by atoms with E-state index in [-0.39, 0.29) is 5.82 Å². The fraction of sp³-hybridized carbons (Fsp3) is 0. The van der Waals surface area contributed by atoms with Gasteiger partial charge in [0, 0.05) is 17.1 Å². The quantitative estimate of drug-likeness (QED) is 0.567. The molecule has 3 heteroatoms. The second kappa shape index (κ2) is 2.73. The molecule has 0 aliphatic heterocycles. The Morgan fingerprint density at radius 2 is 1.93 bits per heavy atom. The molecule has 0 saturated heterocycles. The third-order valence-corrected chi connectivity index (χ3v) is 2.49. The molecule has 0 aliphatic rings. The van der Waals surface area contributed by atoms with Crippen molar-refractivity contribution in [3.63, 3.8) is 0 Å². The zero-order valence-corrected chi connectivity index (χ0v) is 7.83. The fourth-order valence-electron chi connectivity index (χ4n) is 1.83. The van der Waals surface area contributed by atoms with Gasteiger partial charge in [-0.25, -0.2) is 4.39 Å². The highest BCUT2D eigenvalue weighted by Gasteiger charge is 2.09. The lowest BCUT2D eigenvalue weighted by atomic mass is 10.1. The second-order valence-electron chi connectivity index (χ2n) is 3.46. The Balaban J connectivity index is 2.59. The summed E-state index contributed by atoms with van der Waals surface area (Å²) < 4.78 is 18.5. The average Bonchev–Trinajstić information content (AvgIpc) is 2.56. The van der Waals surface area contributed by atoms with Crippen LogP contribution in [0.4, 0.5) is 10.1 Å². The molecule has 0 amide bonds. The molecule has 0 spiro atoms. The van der Waals surface area contributed by atoms with Crippen molar-refractivity contribution in [3.05, 3.63) is 42.2 Å². The minimum Gasteiger partial charge on any atom is -0.456 e. The van der Waals surface area contributed by atoms with Crippen LogP contribution in [0.15, 0.2) is 40.8 Å². The third kappa shape index (κ3) is 1.09. The summed E-state index contributed by atoms with van der Waals surface area (Å²) in [6, 6.07) is 9.91. The molecule has 3 aromatic rings. The predicted molar refractivity (Wildman–Crippen MR) is 58.1 cm³/mol. The number of rotatable bonds is 0. The minimum absolute atomic E-state index is 0.305. The van der Waals surface area contributed by atoms with Crippen LogP contribution >= 0.6 is 0 Å². The molecule has 1 aromatic heterocycles. The molecule has 15 heavy (non-hydrogen) atoms. The maximum atomic E-state index is 13.0. The number of nitrogen functional groups attached to an aromatic ring is 1. The summed E-state index contributed by atoms with van der Waals surface area (Å²) in [5.41, 5.74) is 7.72. The van der Waals surface area contributed by atoms with Crippen molar-refractivity contribution in [2.24, 2.45) is 0 Å². The minimum atomic E-state index is -0.305. The first-order chi connectivity index (χ1) is 7.25. The van der Waals surface area contributed by atoms with Crippen molar-refractivity contribution < 1.29 is 8.81 Å². The first-order valence-electron chi connectivity index (χ1n) is 4.62. The Morgan fingerprint density at radius 3 is 2.80 bits per heavy atom. The summed E-state index contributed by atoms with van der Waals surface area (Å²) in [6.07, 6.45) is 0. The smallest absolute Gasteiger partial charge is 0.138 e. The molecule has 74 valence electrons. The van der Waals surface area contributed by atoms with Crippen LogP contribution < -0.4 is 5.73 Å². The molecule has 0 unspecified atom stereocenters. The van der Waals surface area contributed by atoms with Crippen LogP contribution in [0, 0.1) is 5.82 Å². The lowest BCUT2D eigenvalue weighted by Gasteiger charge is -1.93. The third-order valence-electron chi connectivity index (χ3n) is 2.49. The van der Waals surface area contributed by atoms with Crippen LogP contribution in [0.5, 0.6) is 0 Å². The number of fused-ring (bicyclic) bond motifs is 3. The first kappa shape index (κ1) is 8.29. The second-order valence-corrected chi connectivity index (χ2v) is 3.46. The molecule has 1 heterocycles. The van der Waals surface area contributed by atoms with Crippen molar-refractivity contribution in [2.45, 2.75) is 0 Å². The molecule has 0 atom stereocenters. The van der Waals surface area contributed by atoms with E-state index in [2.05, 4.69) is 0 Å². The number of anilines is 1. The number of halogens is 1. The van der Waals surface area contributed by atoms with Crippen molar-refractivity contribution >= 4 is 27.6 Å². The Hall–Kier alpha value is -2.03. The molecule has 2 nitrogen and oxygen atoms in total. The largest absolute Gasteiger partial charge is 0.456 e. The topological polar surface area (TPSA) is 39.2 Å². The summed E-state index contributed by atoms with van der Waals surface area (Å²) >= 11 is 0. The van der Waals surface area contributed by atoms with Crippen LogP contribution in [0.1, 0.15) is 0 Å². The molecule has 2 aromatic carbocycles. The highest BCUT2D eigenvalue weighted by Crippen LogP contribution is 2.32. The van der Waals surface area contributed by atoms with E-state index in [1.54, 1.807) is 12.1 Å². The Kier molecular flexibility index (Phi) is 1.51. The summed E-state index contributed by atoms with van der Waals surface area (Å²) in [7, 11) is 0. The molecule has 0 fully saturated rings. The molecule has 2 N–H and O–H groups in total. The summed E-state index contributed by atoms with van der Waals surface area (Å²) in [6.45, 7) is 0. The standard InChI is InChI=1S/C12H8FNO/c13-7-4-5-8-11(6-7)15-10-3-1-2-9(14)12(8)10/h1-6H,14H2. The number of hydrogen-bond donors (Lipinski definition) is 1. The highest BCUT2D eigenvalue weighted by atomic mass is 19.1. The molecule has 3 rings (SSSR count). The maximum Gasteiger partial charge on any atom is 0.138 e. The van der Waals surface area contributed by atoms with Crippen molar-refractivity contribution in [1.29, 1.82) is 0 Å². The van der Waals surface area contributed by atoms with Crippen LogP contribution in [0.3, 0.4) is 0 Å². The monoisotopic (exact) mass is 201 g/mol. The molecule has 0 aliphatic carbocycles. The number of hydrogen-bond acceptors (Lipinski definition) is 2. The van der Waals surface area contributed by atoms with E-state index < -0.39 is 0 Å². The highest BCUT2D eigenvalue weighted by molar-refractivity contribution is 6.10. The first-order valence-corrected chi connectivity index (χ1v) is 4.62. The molecular formula is C12H8FNO. The van der Waals surface area contributed by atoms with Gasteiger partial charge in [0.25, 0.3) is 0 Å². The van der Waals surface area contributed by atoms with Crippen molar-refractivity contribution in [2.75, 3.05) is 5.73 Å². The predicted octanol–water partition coefficient (Wildman–Crippen LogP) is 3.31. The molecule has 0 saturated carbocycles. The van der Waals surface area contributed by atoms with E-state index in [9.17, 15) is 4.39 Å². The van der Waals surface area contributed by atoms with Crippen LogP contribution in [-0.2, 0) is 0 Å². The average molecular weight is 201 g/mol. The lowest BCUT2D eigenvalue weighted by molar-refractivity contribution is 0.618. The van der Waals surface area contributed by atoms with Gasteiger partial charge in [-0.3, -0.25) is 0 Å². The fourth-order valence-corrected chi connectivity index (χ4v) is 1.83. The normalized spacial score (nSPS) is 11.3. The van der Waals surface area contributed by atoms with E-state index in [4.69, 9.17) is 10.2 Å². The van der Waals surface area contributed by atoms with Crippen LogP contribution in [0.2, 0.25) is 0 Å². The van der Waals surface area contributed by atoms with Gasteiger partial charge < -0.3 is 10.2 Å². The van der Waals surface area contributed by atoms with Gasteiger partial charge >= 0.3 is 0 Å². The Bertz CT molecular complexity index is 657. The number of benzene rings is 2. The summed E-state index contributed by atoms with van der Waals surface area (Å²) in [4.78, 5) is 0. The van der Waals surface area contributed by atoms with Gasteiger partial charge in [-0.1, -0.05) is 6.07 Å². The van der Waals surface area contributed by atoms with E-state index in [0.29, 0.717) is 16.9 Å². The Labute approximate surface area is 85.1 Å². The van der Waals surface area contributed by atoms with Gasteiger partial charge in [0.2, 0.25) is 0 Å². The number of furan rings is 1. The molecule has 0 radical (unpaired) electrons. The maximum absolute atomic E-state index is 13.0. The van der Waals surface area contributed by atoms with Crippen molar-refractivity contribution in [1.82, 2.24) is 0 Å². The van der Waals surface area contributed by atoms with Crippen molar-refractivity contribution in [3.8, 4) is 0 Å². The van der Waals surface area contributed by atoms with Gasteiger partial charge in [0.1, 0.15) is 17.0 Å². The summed E-state index contributed by atoms with van der Waals surface area (Å²) in [5, 5.41) is 1.71. The van der Waals surface area contributed by atoms with Gasteiger partial charge in [-0.05, 0) is 24.3 Å². The van der Waals surface area contributed by atoms with E-state index in [0.717, 1.165) is 10.8 Å². The zero-order valence-electron chi connectivity index (χ0n) is 7.83. The SMILES string of the molecule is Nc1cccc2oc3cc(F)ccc3c12. The van der Waals surface area contributed by atoms with Gasteiger partial charge in [0.15, 0.2) is 0 Å². The van der Waals surface area contributed by atoms with Gasteiger partial charge in [-0.15, -0.1) is 0 Å². The number of nitrogens with two attached hydrogens (primary N) is 1. The van der Waals surface area contributed by atoms with E-state index in [1.807, 2.05) is 12.1 Å². The van der Waals surface area contributed by atoms with E-state index in [1.165, 1.54) is 12.1 Å². The van der Waals surface area contributed by atoms with E-state index >= 15 is 0 Å². The molecular weight excluding hydrogens is 193 g/mol. The zero-order chi connectivity index (χ0) is 10.4. The Morgan fingerprint density at radius 1 is 1.07 bits per heavy atom. The molecule has 0 bridgehead atoms. The summed E-state index contributed by atoms with van der Waals surface area (Å²) in [5.74, 6) is -0.305. The van der Waals surface area contributed by atoms with Gasteiger partial charge in [0.05, 0.1) is 5.39 Å². The lowest BCUT2D eigenvalue weighted by Crippen LogP contribution is -1.83. The van der Waals surface area contributed by atoms with Crippen LogP contribution in [-0.4, -0.2) is 0 Å².